The zero-order valence-electron chi connectivity index (χ0n) is 21.3. The third kappa shape index (κ3) is 6.36. The molecule has 1 amide bonds. The van der Waals surface area contributed by atoms with E-state index in [-0.39, 0.29) is 5.41 Å². The van der Waals surface area contributed by atoms with Crippen LogP contribution in [0.25, 0.3) is 0 Å². The number of aliphatic carboxylic acids is 1. The molecule has 1 fully saturated rings. The van der Waals surface area contributed by atoms with E-state index in [2.05, 4.69) is 30.3 Å². The Balaban J connectivity index is 2.18. The highest BCUT2D eigenvalue weighted by Crippen LogP contribution is 2.37. The van der Waals surface area contributed by atoms with Gasteiger partial charge in [0.15, 0.2) is 5.60 Å². The number of ether oxygens (including phenoxy) is 1. The second kappa shape index (κ2) is 11.3. The fourth-order valence-electron chi connectivity index (χ4n) is 4.57. The number of carbonyl (C=O) groups excluding carboxylic acids is 2. The fourth-order valence-corrected chi connectivity index (χ4v) is 4.57. The van der Waals surface area contributed by atoms with E-state index >= 15 is 0 Å². The monoisotopic (exact) mass is 476 g/mol. The van der Waals surface area contributed by atoms with Gasteiger partial charge < -0.3 is 25.2 Å². The Kier molecular flexibility index (Phi) is 9.25. The van der Waals surface area contributed by atoms with Crippen LogP contribution in [0.2, 0.25) is 0 Å². The molecule has 0 aliphatic carbocycles. The first-order chi connectivity index (χ1) is 15.8. The summed E-state index contributed by atoms with van der Waals surface area (Å²) in [6, 6.07) is 6.30. The lowest BCUT2D eigenvalue weighted by molar-refractivity contribution is -0.159. The normalized spacial score (nSPS) is 22.8. The second-order valence-corrected chi connectivity index (χ2v) is 10.2. The van der Waals surface area contributed by atoms with E-state index in [1.54, 1.807) is 19.9 Å². The Morgan fingerprint density at radius 1 is 1.24 bits per heavy atom. The summed E-state index contributed by atoms with van der Waals surface area (Å²) in [7, 11) is 2.13. The van der Waals surface area contributed by atoms with Crippen LogP contribution in [0.1, 0.15) is 65.9 Å². The van der Waals surface area contributed by atoms with Crippen molar-refractivity contribution in [3.8, 4) is 5.75 Å². The number of nitrogens with zero attached hydrogens (tertiary/aromatic N) is 1. The minimum Gasteiger partial charge on any atom is -0.480 e. The molecular formula is C26H40N2O6. The standard InChI is InChI=1S/C26H40N2O6/c1-7-26(13-8-9-14-28(6)16-26)19-11-10-12-20(15-19)34-23(31)18(4)25(5,33)24(32)27-21(17(2)3)22(29)30/h10-12,15,17-18,21,33H,7-9,13-14,16H2,1-6H3,(H,27,32)(H,29,30)/t18-,21+,25-,26?/m1/s1. The van der Waals surface area contributed by atoms with Gasteiger partial charge in [-0.25, -0.2) is 4.79 Å². The van der Waals surface area contributed by atoms with Crippen molar-refractivity contribution in [3.63, 3.8) is 0 Å². The van der Waals surface area contributed by atoms with Crippen LogP contribution in [0.3, 0.4) is 0 Å². The molecule has 0 saturated carbocycles. The number of esters is 1. The SMILES string of the molecule is CCC1(c2cccc(OC(=O)[C@@H](C)[C@@](C)(O)C(=O)N[C@H](C(=O)O)C(C)C)c2)CCCCN(C)C1. The molecule has 1 saturated heterocycles. The number of hydrogen-bond acceptors (Lipinski definition) is 6. The van der Waals surface area contributed by atoms with Crippen molar-refractivity contribution in [1.29, 1.82) is 0 Å². The van der Waals surface area contributed by atoms with Gasteiger partial charge in [0.25, 0.3) is 5.91 Å². The molecule has 2 rings (SSSR count). The Labute approximate surface area is 202 Å². The van der Waals surface area contributed by atoms with E-state index in [0.717, 1.165) is 44.3 Å². The molecule has 8 nitrogen and oxygen atoms in total. The van der Waals surface area contributed by atoms with Gasteiger partial charge in [-0.2, -0.15) is 0 Å². The Morgan fingerprint density at radius 2 is 1.91 bits per heavy atom. The van der Waals surface area contributed by atoms with Gasteiger partial charge in [-0.05, 0) is 70.3 Å². The first-order valence-corrected chi connectivity index (χ1v) is 12.1. The van der Waals surface area contributed by atoms with Gasteiger partial charge >= 0.3 is 11.9 Å². The van der Waals surface area contributed by atoms with Crippen molar-refractivity contribution < 1.29 is 29.3 Å². The molecule has 1 aromatic rings. The molecular weight excluding hydrogens is 436 g/mol. The molecule has 1 aromatic carbocycles. The molecule has 190 valence electrons. The van der Waals surface area contributed by atoms with E-state index in [4.69, 9.17) is 4.74 Å². The minimum absolute atomic E-state index is 0.0344. The smallest absolute Gasteiger partial charge is 0.326 e. The number of carboxylic acids is 1. The summed E-state index contributed by atoms with van der Waals surface area (Å²) in [5.41, 5.74) is -1.08. The maximum absolute atomic E-state index is 12.9. The maximum atomic E-state index is 12.9. The van der Waals surface area contributed by atoms with Crippen molar-refractivity contribution in [2.75, 3.05) is 20.1 Å². The summed E-state index contributed by atoms with van der Waals surface area (Å²) in [5, 5.41) is 22.4. The lowest BCUT2D eigenvalue weighted by atomic mass is 9.74. The third-order valence-corrected chi connectivity index (χ3v) is 7.24. The molecule has 0 bridgehead atoms. The van der Waals surface area contributed by atoms with E-state index in [1.807, 2.05) is 12.1 Å². The average molecular weight is 477 g/mol. The number of amides is 1. The number of carboxylic acid groups (broad SMARTS) is 1. The van der Waals surface area contributed by atoms with E-state index in [9.17, 15) is 24.6 Å². The summed E-state index contributed by atoms with van der Waals surface area (Å²) in [6.45, 7) is 10.0. The first kappa shape index (κ1) is 27.8. The molecule has 1 aliphatic heterocycles. The molecule has 0 radical (unpaired) electrons. The largest absolute Gasteiger partial charge is 0.480 e. The van der Waals surface area contributed by atoms with Gasteiger partial charge in [0.05, 0.1) is 5.92 Å². The predicted octanol–water partition coefficient (Wildman–Crippen LogP) is 2.97. The van der Waals surface area contributed by atoms with E-state index < -0.39 is 41.3 Å². The van der Waals surface area contributed by atoms with Crippen molar-refractivity contribution in [2.24, 2.45) is 11.8 Å². The van der Waals surface area contributed by atoms with Gasteiger partial charge in [-0.15, -0.1) is 0 Å². The molecule has 1 heterocycles. The molecule has 1 unspecified atom stereocenters. The number of carbonyl (C=O) groups is 3. The maximum Gasteiger partial charge on any atom is 0.326 e. The van der Waals surface area contributed by atoms with Crippen LogP contribution < -0.4 is 10.1 Å². The van der Waals surface area contributed by atoms with Crippen molar-refractivity contribution in [3.05, 3.63) is 29.8 Å². The van der Waals surface area contributed by atoms with Gasteiger partial charge in [0, 0.05) is 12.0 Å². The van der Waals surface area contributed by atoms with Gasteiger partial charge in [0.2, 0.25) is 0 Å². The molecule has 4 atom stereocenters. The van der Waals surface area contributed by atoms with Crippen LogP contribution in [0, 0.1) is 11.8 Å². The fraction of sp³-hybridized carbons (Fsp3) is 0.654. The third-order valence-electron chi connectivity index (χ3n) is 7.24. The first-order valence-electron chi connectivity index (χ1n) is 12.1. The van der Waals surface area contributed by atoms with Crippen molar-refractivity contribution in [1.82, 2.24) is 10.2 Å². The average Bonchev–Trinajstić information content (AvgIpc) is 2.98. The van der Waals surface area contributed by atoms with Crippen LogP contribution in [0.5, 0.6) is 5.75 Å². The van der Waals surface area contributed by atoms with Gasteiger partial charge in [-0.1, -0.05) is 39.3 Å². The number of likely N-dealkylation sites (N-methyl/N-ethyl adjacent to an activating group) is 1. The molecule has 1 aliphatic rings. The number of hydrogen-bond donors (Lipinski definition) is 3. The summed E-state index contributed by atoms with van der Waals surface area (Å²) < 4.78 is 5.58. The lowest BCUT2D eigenvalue weighted by Gasteiger charge is -2.35. The lowest BCUT2D eigenvalue weighted by Crippen LogP contribution is -2.57. The quantitative estimate of drug-likeness (QED) is 0.371. The minimum atomic E-state index is -2.15. The molecule has 0 aromatic heterocycles. The molecule has 8 heteroatoms. The van der Waals surface area contributed by atoms with Crippen molar-refractivity contribution >= 4 is 17.8 Å². The zero-order chi connectivity index (χ0) is 25.7. The predicted molar refractivity (Wildman–Crippen MR) is 130 cm³/mol. The molecule has 34 heavy (non-hydrogen) atoms. The number of aliphatic hydroxyl groups is 1. The highest BCUT2D eigenvalue weighted by molar-refractivity contribution is 5.93. The van der Waals surface area contributed by atoms with E-state index in [1.165, 1.54) is 13.8 Å². The topological polar surface area (TPSA) is 116 Å². The van der Waals surface area contributed by atoms with Crippen LogP contribution in [0.15, 0.2) is 24.3 Å². The number of likely N-dealkylation sites (tertiary alicyclic amines) is 1. The van der Waals surface area contributed by atoms with Crippen LogP contribution in [0.4, 0.5) is 0 Å². The number of rotatable bonds is 9. The van der Waals surface area contributed by atoms with E-state index in [0.29, 0.717) is 5.75 Å². The number of benzene rings is 1. The summed E-state index contributed by atoms with van der Waals surface area (Å²) in [5.74, 6) is -4.16. The Morgan fingerprint density at radius 3 is 2.50 bits per heavy atom. The van der Waals surface area contributed by atoms with Crippen molar-refractivity contribution in [2.45, 2.75) is 77.4 Å². The van der Waals surface area contributed by atoms with Gasteiger partial charge in [-0.3, -0.25) is 9.59 Å². The van der Waals surface area contributed by atoms with Crippen LogP contribution >= 0.6 is 0 Å². The zero-order valence-corrected chi connectivity index (χ0v) is 21.3. The van der Waals surface area contributed by atoms with Gasteiger partial charge in [0.1, 0.15) is 11.8 Å². The molecule has 0 spiro atoms. The molecule has 3 N–H and O–H groups in total. The van der Waals surface area contributed by atoms with Crippen LogP contribution in [-0.2, 0) is 19.8 Å². The highest BCUT2D eigenvalue weighted by atomic mass is 16.5. The Hall–Kier alpha value is -2.45. The summed E-state index contributed by atoms with van der Waals surface area (Å²) >= 11 is 0. The Bertz CT molecular complexity index is 884. The highest BCUT2D eigenvalue weighted by Gasteiger charge is 2.43. The number of nitrogens with one attached hydrogen (secondary N) is 1. The second-order valence-electron chi connectivity index (χ2n) is 10.2. The summed E-state index contributed by atoms with van der Waals surface area (Å²) in [4.78, 5) is 39.3. The summed E-state index contributed by atoms with van der Waals surface area (Å²) in [6.07, 6.45) is 4.30. The van der Waals surface area contributed by atoms with Crippen LogP contribution in [-0.4, -0.2) is 64.7 Å².